The number of carbonyl (C=O) groups excluding carboxylic acids is 1. The normalized spacial score (nSPS) is 15.9. The van der Waals surface area contributed by atoms with Crippen molar-refractivity contribution >= 4 is 5.91 Å². The Morgan fingerprint density at radius 3 is 2.61 bits per heavy atom. The lowest BCUT2D eigenvalue weighted by Gasteiger charge is -2.21. The number of carbonyl (C=O) groups is 1. The summed E-state index contributed by atoms with van der Waals surface area (Å²) in [7, 11) is 0. The first-order valence-corrected chi connectivity index (χ1v) is 9.43. The third kappa shape index (κ3) is 3.43. The van der Waals surface area contributed by atoms with Crippen molar-refractivity contribution in [3.63, 3.8) is 0 Å². The van der Waals surface area contributed by atoms with Crippen molar-refractivity contribution in [3.05, 3.63) is 71.2 Å². The van der Waals surface area contributed by atoms with Crippen LogP contribution >= 0.6 is 0 Å². The number of rotatable bonds is 4. The second-order valence-corrected chi connectivity index (χ2v) is 6.92. The third-order valence-electron chi connectivity index (χ3n) is 4.91. The fourth-order valence-corrected chi connectivity index (χ4v) is 3.47. The van der Waals surface area contributed by atoms with Crippen LogP contribution in [-0.4, -0.2) is 28.3 Å². The largest absolute Gasteiger partial charge is 0.373 e. The van der Waals surface area contributed by atoms with E-state index in [4.69, 9.17) is 9.84 Å². The lowest BCUT2D eigenvalue weighted by atomic mass is 10.0. The van der Waals surface area contributed by atoms with Gasteiger partial charge in [0.2, 0.25) is 0 Å². The van der Waals surface area contributed by atoms with Gasteiger partial charge >= 0.3 is 0 Å². The molecule has 1 N–H and O–H groups in total. The van der Waals surface area contributed by atoms with E-state index in [0.717, 1.165) is 34.6 Å². The van der Waals surface area contributed by atoms with Crippen LogP contribution in [0, 0.1) is 5.82 Å². The lowest BCUT2D eigenvalue weighted by Crippen LogP contribution is -2.22. The Morgan fingerprint density at radius 1 is 1.21 bits per heavy atom. The topological polar surface area (TPSA) is 56.2 Å². The highest BCUT2D eigenvalue weighted by atomic mass is 19.1. The molecule has 1 amide bonds. The minimum Gasteiger partial charge on any atom is -0.373 e. The molecule has 5 nitrogen and oxygen atoms in total. The molecule has 0 saturated carbocycles. The zero-order valence-corrected chi connectivity index (χ0v) is 15.9. The zero-order chi connectivity index (χ0) is 19.7. The van der Waals surface area contributed by atoms with Crippen LogP contribution in [-0.2, 0) is 17.8 Å². The number of amides is 1. The van der Waals surface area contributed by atoms with Gasteiger partial charge < -0.3 is 10.1 Å². The van der Waals surface area contributed by atoms with E-state index in [-0.39, 0.29) is 17.8 Å². The molecule has 0 saturated heterocycles. The summed E-state index contributed by atoms with van der Waals surface area (Å²) in [6.07, 6.45) is 0.827. The van der Waals surface area contributed by atoms with Gasteiger partial charge in [0, 0.05) is 29.7 Å². The first-order valence-electron chi connectivity index (χ1n) is 9.43. The highest BCUT2D eigenvalue weighted by molar-refractivity contribution is 5.94. The molecule has 144 valence electrons. The molecule has 2 heterocycles. The average Bonchev–Trinajstić information content (AvgIpc) is 3.07. The van der Waals surface area contributed by atoms with E-state index in [1.54, 1.807) is 24.3 Å². The Balaban J connectivity index is 1.76. The predicted octanol–water partition coefficient (Wildman–Crippen LogP) is 3.89. The molecule has 0 bridgehead atoms. The summed E-state index contributed by atoms with van der Waals surface area (Å²) in [5, 5.41) is 7.62. The standard InChI is InChI=1S/C22H22FN3O2/c1-3-24-22(27)16-6-4-15(5-7-16)21-19-13-28-14(2)12-20(19)26(25-21)18-10-8-17(23)9-11-18/h4-11,14H,3,12-13H2,1-2H3,(H,24,27)/t14-/m0/s1. The van der Waals surface area contributed by atoms with Gasteiger partial charge in [0.1, 0.15) is 5.82 Å². The number of nitrogens with one attached hydrogen (secondary N) is 1. The second-order valence-electron chi connectivity index (χ2n) is 6.92. The molecule has 2 aromatic carbocycles. The van der Waals surface area contributed by atoms with Crippen LogP contribution in [0.1, 0.15) is 35.5 Å². The van der Waals surface area contributed by atoms with Gasteiger partial charge in [0.05, 0.1) is 29.8 Å². The van der Waals surface area contributed by atoms with Crippen molar-refractivity contribution in [3.8, 4) is 16.9 Å². The van der Waals surface area contributed by atoms with Crippen LogP contribution in [0.15, 0.2) is 48.5 Å². The van der Waals surface area contributed by atoms with E-state index in [2.05, 4.69) is 5.32 Å². The van der Waals surface area contributed by atoms with Crippen LogP contribution in [0.25, 0.3) is 16.9 Å². The number of hydrogen-bond donors (Lipinski definition) is 1. The van der Waals surface area contributed by atoms with Crippen molar-refractivity contribution in [1.82, 2.24) is 15.1 Å². The molecule has 6 heteroatoms. The van der Waals surface area contributed by atoms with E-state index in [9.17, 15) is 9.18 Å². The Kier molecular flexibility index (Phi) is 4.96. The molecule has 1 aliphatic heterocycles. The second kappa shape index (κ2) is 7.56. The molecular formula is C22H22FN3O2. The maximum atomic E-state index is 13.3. The average molecular weight is 379 g/mol. The summed E-state index contributed by atoms with van der Waals surface area (Å²) in [5.74, 6) is -0.368. The number of hydrogen-bond acceptors (Lipinski definition) is 3. The fraction of sp³-hybridized carbons (Fsp3) is 0.273. The number of fused-ring (bicyclic) bond motifs is 1. The fourth-order valence-electron chi connectivity index (χ4n) is 3.47. The maximum Gasteiger partial charge on any atom is 0.251 e. The van der Waals surface area contributed by atoms with Crippen LogP contribution in [0.4, 0.5) is 4.39 Å². The number of benzene rings is 2. The summed E-state index contributed by atoms with van der Waals surface area (Å²) < 4.78 is 21.1. The van der Waals surface area contributed by atoms with Gasteiger partial charge in [0.15, 0.2) is 0 Å². The molecule has 1 atom stereocenters. The van der Waals surface area contributed by atoms with Crippen LogP contribution < -0.4 is 5.32 Å². The summed E-state index contributed by atoms with van der Waals surface area (Å²) in [6, 6.07) is 13.7. The van der Waals surface area contributed by atoms with Gasteiger partial charge in [-0.2, -0.15) is 5.10 Å². The molecule has 1 aliphatic rings. The predicted molar refractivity (Wildman–Crippen MR) is 105 cm³/mol. The highest BCUT2D eigenvalue weighted by Gasteiger charge is 2.26. The van der Waals surface area contributed by atoms with Gasteiger partial charge in [0.25, 0.3) is 5.91 Å². The van der Waals surface area contributed by atoms with Gasteiger partial charge in [-0.05, 0) is 50.2 Å². The highest BCUT2D eigenvalue weighted by Crippen LogP contribution is 2.32. The molecule has 1 aromatic heterocycles. The Bertz CT molecular complexity index is 994. The van der Waals surface area contributed by atoms with Gasteiger partial charge in [-0.3, -0.25) is 4.79 Å². The zero-order valence-electron chi connectivity index (χ0n) is 15.9. The summed E-state index contributed by atoms with van der Waals surface area (Å²) in [4.78, 5) is 12.0. The monoisotopic (exact) mass is 379 g/mol. The molecule has 4 rings (SSSR count). The van der Waals surface area contributed by atoms with E-state index in [0.29, 0.717) is 18.7 Å². The van der Waals surface area contributed by atoms with E-state index >= 15 is 0 Å². The van der Waals surface area contributed by atoms with Crippen molar-refractivity contribution in [1.29, 1.82) is 0 Å². The van der Waals surface area contributed by atoms with E-state index in [1.807, 2.05) is 30.7 Å². The van der Waals surface area contributed by atoms with Gasteiger partial charge in [-0.15, -0.1) is 0 Å². The Hall–Kier alpha value is -2.99. The molecule has 3 aromatic rings. The number of nitrogens with zero attached hydrogens (tertiary/aromatic N) is 2. The van der Waals surface area contributed by atoms with Crippen molar-refractivity contribution in [2.75, 3.05) is 6.54 Å². The molecule has 0 radical (unpaired) electrons. The maximum absolute atomic E-state index is 13.3. The first kappa shape index (κ1) is 18.4. The van der Waals surface area contributed by atoms with Crippen LogP contribution in [0.3, 0.4) is 0 Å². The number of aromatic nitrogens is 2. The summed E-state index contributed by atoms with van der Waals surface area (Å²) in [5.41, 5.74) is 5.29. The quantitative estimate of drug-likeness (QED) is 0.748. The van der Waals surface area contributed by atoms with Crippen molar-refractivity contribution < 1.29 is 13.9 Å². The van der Waals surface area contributed by atoms with E-state index in [1.165, 1.54) is 12.1 Å². The molecular weight excluding hydrogens is 357 g/mol. The van der Waals surface area contributed by atoms with Gasteiger partial charge in [-0.25, -0.2) is 9.07 Å². The Morgan fingerprint density at radius 2 is 1.93 bits per heavy atom. The molecule has 28 heavy (non-hydrogen) atoms. The minimum absolute atomic E-state index is 0.0925. The first-order chi connectivity index (χ1) is 13.6. The van der Waals surface area contributed by atoms with Crippen molar-refractivity contribution in [2.24, 2.45) is 0 Å². The SMILES string of the molecule is CCNC(=O)c1ccc(-c2nn(-c3ccc(F)cc3)c3c2CO[C@@H](C)C3)cc1. The van der Waals surface area contributed by atoms with E-state index < -0.39 is 0 Å². The minimum atomic E-state index is -0.275. The number of ether oxygens (including phenoxy) is 1. The molecule has 0 unspecified atom stereocenters. The summed E-state index contributed by atoms with van der Waals surface area (Å²) in [6.45, 7) is 4.99. The Labute approximate surface area is 163 Å². The summed E-state index contributed by atoms with van der Waals surface area (Å²) >= 11 is 0. The molecule has 0 aliphatic carbocycles. The third-order valence-corrected chi connectivity index (χ3v) is 4.91. The molecule has 0 spiro atoms. The smallest absolute Gasteiger partial charge is 0.251 e. The molecule has 0 fully saturated rings. The lowest BCUT2D eigenvalue weighted by molar-refractivity contribution is 0.0401. The van der Waals surface area contributed by atoms with Crippen LogP contribution in [0.2, 0.25) is 0 Å². The van der Waals surface area contributed by atoms with Crippen molar-refractivity contribution in [2.45, 2.75) is 33.0 Å². The van der Waals surface area contributed by atoms with Crippen LogP contribution in [0.5, 0.6) is 0 Å². The number of halogens is 1. The van der Waals surface area contributed by atoms with Gasteiger partial charge in [-0.1, -0.05) is 12.1 Å².